The minimum Gasteiger partial charge on any atom is -0.350 e. The lowest BCUT2D eigenvalue weighted by Gasteiger charge is -2.21. The Balaban J connectivity index is 1.88. The highest BCUT2D eigenvalue weighted by atomic mass is 35.5. The summed E-state index contributed by atoms with van der Waals surface area (Å²) in [5, 5.41) is 3.52. The molecule has 0 heterocycles. The van der Waals surface area contributed by atoms with Gasteiger partial charge in [-0.25, -0.2) is 0 Å². The third-order valence-corrected chi connectivity index (χ3v) is 3.93. The number of benzene rings is 2. The van der Waals surface area contributed by atoms with Crippen molar-refractivity contribution < 1.29 is 9.59 Å². The predicted molar refractivity (Wildman–Crippen MR) is 96.1 cm³/mol. The first-order valence-corrected chi connectivity index (χ1v) is 8.18. The van der Waals surface area contributed by atoms with Gasteiger partial charge in [0.1, 0.15) is 0 Å². The molecule has 0 atom stereocenters. The first-order chi connectivity index (χ1) is 11.5. The van der Waals surface area contributed by atoms with E-state index >= 15 is 0 Å². The Bertz CT molecular complexity index is 714. The van der Waals surface area contributed by atoms with Crippen LogP contribution >= 0.6 is 11.6 Å². The molecule has 24 heavy (non-hydrogen) atoms. The molecule has 0 unspecified atom stereocenters. The number of nitrogens with zero attached hydrogens (tertiary/aromatic N) is 1. The van der Waals surface area contributed by atoms with Gasteiger partial charge in [-0.15, -0.1) is 0 Å². The van der Waals surface area contributed by atoms with Crippen LogP contribution in [0.5, 0.6) is 0 Å². The van der Waals surface area contributed by atoms with Crippen molar-refractivity contribution in [3.8, 4) is 0 Å². The van der Waals surface area contributed by atoms with Gasteiger partial charge in [0.25, 0.3) is 5.91 Å². The molecule has 126 valence electrons. The Labute approximate surface area is 147 Å². The fourth-order valence-corrected chi connectivity index (χ4v) is 2.48. The molecule has 0 radical (unpaired) electrons. The lowest BCUT2D eigenvalue weighted by atomic mass is 10.1. The molecule has 2 rings (SSSR count). The number of nitrogens with one attached hydrogen (secondary N) is 1. The monoisotopic (exact) mass is 344 g/mol. The van der Waals surface area contributed by atoms with Crippen LogP contribution in [0.1, 0.15) is 28.4 Å². The number of amides is 2. The summed E-state index contributed by atoms with van der Waals surface area (Å²) in [6.07, 6.45) is 0. The molecule has 0 saturated heterocycles. The highest BCUT2D eigenvalue weighted by molar-refractivity contribution is 6.30. The first-order valence-electron chi connectivity index (χ1n) is 7.80. The van der Waals surface area contributed by atoms with Gasteiger partial charge in [0.2, 0.25) is 5.91 Å². The number of halogens is 1. The van der Waals surface area contributed by atoms with E-state index in [1.54, 1.807) is 23.1 Å². The molecule has 2 aromatic carbocycles. The van der Waals surface area contributed by atoms with Crippen molar-refractivity contribution in [1.82, 2.24) is 10.2 Å². The van der Waals surface area contributed by atoms with E-state index in [0.29, 0.717) is 30.2 Å². The van der Waals surface area contributed by atoms with Gasteiger partial charge in [-0.1, -0.05) is 41.4 Å². The Morgan fingerprint density at radius 3 is 2.46 bits per heavy atom. The second-order valence-corrected chi connectivity index (χ2v) is 6.13. The van der Waals surface area contributed by atoms with E-state index in [4.69, 9.17) is 11.6 Å². The van der Waals surface area contributed by atoms with Crippen molar-refractivity contribution in [1.29, 1.82) is 0 Å². The molecule has 1 N–H and O–H groups in total. The maximum absolute atomic E-state index is 12.1. The molecule has 2 amide bonds. The molecule has 2 aromatic rings. The molecule has 0 aliphatic rings. The van der Waals surface area contributed by atoms with Gasteiger partial charge in [0, 0.05) is 37.1 Å². The third kappa shape index (κ3) is 5.39. The van der Waals surface area contributed by atoms with Gasteiger partial charge in [0.05, 0.1) is 0 Å². The van der Waals surface area contributed by atoms with Crippen LogP contribution < -0.4 is 5.32 Å². The van der Waals surface area contributed by atoms with Gasteiger partial charge in [0.15, 0.2) is 0 Å². The summed E-state index contributed by atoms with van der Waals surface area (Å²) in [6.45, 7) is 4.82. The second-order valence-electron chi connectivity index (χ2n) is 5.69. The zero-order chi connectivity index (χ0) is 17.5. The maximum atomic E-state index is 12.1. The Hall–Kier alpha value is -2.33. The number of aryl methyl sites for hydroxylation is 1. The van der Waals surface area contributed by atoms with E-state index in [1.165, 1.54) is 6.92 Å². The van der Waals surface area contributed by atoms with E-state index in [1.807, 2.05) is 37.3 Å². The third-order valence-electron chi connectivity index (χ3n) is 3.68. The SMILES string of the molecule is CC(=O)N(CCNC(=O)c1cccc(C)c1)Cc1ccc(Cl)cc1. The maximum Gasteiger partial charge on any atom is 0.251 e. The summed E-state index contributed by atoms with van der Waals surface area (Å²) in [5.41, 5.74) is 2.66. The molecule has 5 heteroatoms. The number of rotatable bonds is 6. The smallest absolute Gasteiger partial charge is 0.251 e. The number of carbonyl (C=O) groups is 2. The normalized spacial score (nSPS) is 10.3. The van der Waals surface area contributed by atoms with Crippen molar-refractivity contribution in [3.63, 3.8) is 0 Å². The molecule has 0 aliphatic carbocycles. The fourth-order valence-electron chi connectivity index (χ4n) is 2.35. The van der Waals surface area contributed by atoms with E-state index in [9.17, 15) is 9.59 Å². The van der Waals surface area contributed by atoms with Crippen LogP contribution in [-0.4, -0.2) is 29.8 Å². The summed E-state index contributed by atoms with van der Waals surface area (Å²) in [6, 6.07) is 14.8. The van der Waals surface area contributed by atoms with E-state index < -0.39 is 0 Å². The van der Waals surface area contributed by atoms with Crippen molar-refractivity contribution >= 4 is 23.4 Å². The Kier molecular flexibility index (Phi) is 6.38. The van der Waals surface area contributed by atoms with Gasteiger partial charge >= 0.3 is 0 Å². The zero-order valence-electron chi connectivity index (χ0n) is 13.9. The highest BCUT2D eigenvalue weighted by Crippen LogP contribution is 2.11. The summed E-state index contributed by atoms with van der Waals surface area (Å²) >= 11 is 5.87. The number of hydrogen-bond donors (Lipinski definition) is 1. The van der Waals surface area contributed by atoms with Crippen LogP contribution in [-0.2, 0) is 11.3 Å². The molecule has 0 spiro atoms. The van der Waals surface area contributed by atoms with Crippen LogP contribution in [0, 0.1) is 6.92 Å². The van der Waals surface area contributed by atoms with Crippen molar-refractivity contribution in [3.05, 3.63) is 70.2 Å². The quantitative estimate of drug-likeness (QED) is 0.872. The van der Waals surface area contributed by atoms with Crippen LogP contribution in [0.3, 0.4) is 0 Å². The molecule has 0 aromatic heterocycles. The minimum absolute atomic E-state index is 0.0326. The summed E-state index contributed by atoms with van der Waals surface area (Å²) in [5.74, 6) is -0.163. The molecular formula is C19H21ClN2O2. The zero-order valence-corrected chi connectivity index (χ0v) is 14.6. The average molecular weight is 345 g/mol. The topological polar surface area (TPSA) is 49.4 Å². The fraction of sp³-hybridized carbons (Fsp3) is 0.263. The van der Waals surface area contributed by atoms with E-state index in [-0.39, 0.29) is 11.8 Å². The highest BCUT2D eigenvalue weighted by Gasteiger charge is 2.11. The van der Waals surface area contributed by atoms with E-state index in [2.05, 4.69) is 5.32 Å². The summed E-state index contributed by atoms with van der Waals surface area (Å²) in [7, 11) is 0. The average Bonchev–Trinajstić information content (AvgIpc) is 2.55. The van der Waals surface area contributed by atoms with Gasteiger partial charge in [-0.05, 0) is 36.8 Å². The van der Waals surface area contributed by atoms with E-state index in [0.717, 1.165) is 11.1 Å². The molecule has 0 bridgehead atoms. The molecular weight excluding hydrogens is 324 g/mol. The molecule has 0 aliphatic heterocycles. The number of hydrogen-bond acceptors (Lipinski definition) is 2. The van der Waals surface area contributed by atoms with Crippen molar-refractivity contribution in [2.45, 2.75) is 20.4 Å². The van der Waals surface area contributed by atoms with Gasteiger partial charge < -0.3 is 10.2 Å². The van der Waals surface area contributed by atoms with Crippen LogP contribution in [0.2, 0.25) is 5.02 Å². The van der Waals surface area contributed by atoms with Crippen molar-refractivity contribution in [2.75, 3.05) is 13.1 Å². The minimum atomic E-state index is -0.131. The molecule has 4 nitrogen and oxygen atoms in total. The van der Waals surface area contributed by atoms with Crippen LogP contribution in [0.25, 0.3) is 0 Å². The Morgan fingerprint density at radius 1 is 1.12 bits per heavy atom. The van der Waals surface area contributed by atoms with Crippen LogP contribution in [0.15, 0.2) is 48.5 Å². The summed E-state index contributed by atoms with van der Waals surface area (Å²) in [4.78, 5) is 25.6. The second kappa shape index (κ2) is 8.50. The predicted octanol–water partition coefficient (Wildman–Crippen LogP) is 3.43. The Morgan fingerprint density at radius 2 is 1.83 bits per heavy atom. The first kappa shape index (κ1) is 18.0. The van der Waals surface area contributed by atoms with Crippen molar-refractivity contribution in [2.24, 2.45) is 0 Å². The molecule has 0 fully saturated rings. The largest absolute Gasteiger partial charge is 0.350 e. The van der Waals surface area contributed by atoms with Gasteiger partial charge in [-0.2, -0.15) is 0 Å². The molecule has 0 saturated carbocycles. The number of carbonyl (C=O) groups excluding carboxylic acids is 2. The lowest BCUT2D eigenvalue weighted by molar-refractivity contribution is -0.129. The summed E-state index contributed by atoms with van der Waals surface area (Å²) < 4.78 is 0. The standard InChI is InChI=1S/C19H21ClN2O2/c1-14-4-3-5-17(12-14)19(24)21-10-11-22(15(2)23)13-16-6-8-18(20)9-7-16/h3-9,12H,10-11,13H2,1-2H3,(H,21,24). The lowest BCUT2D eigenvalue weighted by Crippen LogP contribution is -2.37. The van der Waals surface area contributed by atoms with Gasteiger partial charge in [-0.3, -0.25) is 9.59 Å². The van der Waals surface area contributed by atoms with Crippen LogP contribution in [0.4, 0.5) is 0 Å².